The summed E-state index contributed by atoms with van der Waals surface area (Å²) in [4.78, 5) is 4.65. The van der Waals surface area contributed by atoms with Crippen LogP contribution in [0.3, 0.4) is 0 Å². The number of hydrogen-bond donors (Lipinski definition) is 1. The number of methoxy groups -OCH3 is 2. The van der Waals surface area contributed by atoms with Gasteiger partial charge in [0, 0.05) is 18.3 Å². The lowest BCUT2D eigenvalue weighted by Gasteiger charge is -2.09. The molecule has 5 nitrogen and oxygen atoms in total. The van der Waals surface area contributed by atoms with Gasteiger partial charge in [0.15, 0.2) is 11.5 Å². The van der Waals surface area contributed by atoms with Crippen molar-refractivity contribution in [2.24, 2.45) is 5.73 Å². The first kappa shape index (κ1) is 14.7. The van der Waals surface area contributed by atoms with Crippen molar-refractivity contribution in [3.8, 4) is 22.8 Å². The summed E-state index contributed by atoms with van der Waals surface area (Å²) in [5.41, 5.74) is 9.33. The number of rotatable bonds is 4. The van der Waals surface area contributed by atoms with Crippen LogP contribution in [-0.4, -0.2) is 23.6 Å². The molecule has 0 unspecified atom stereocenters. The van der Waals surface area contributed by atoms with Gasteiger partial charge in [-0.05, 0) is 30.3 Å². The summed E-state index contributed by atoms with van der Waals surface area (Å²) in [6.45, 7) is 0.352. The van der Waals surface area contributed by atoms with Gasteiger partial charge in [-0.2, -0.15) is 0 Å². The van der Waals surface area contributed by atoms with Gasteiger partial charge in [-0.3, -0.25) is 0 Å². The van der Waals surface area contributed by atoms with Crippen molar-refractivity contribution in [3.05, 3.63) is 47.2 Å². The zero-order valence-corrected chi connectivity index (χ0v) is 13.1. The topological polar surface area (TPSA) is 61.8 Å². The molecule has 0 saturated carbocycles. The van der Waals surface area contributed by atoms with E-state index in [1.165, 1.54) is 0 Å². The maximum absolute atomic E-state index is 6.06. The molecule has 3 aromatic rings. The van der Waals surface area contributed by atoms with E-state index in [1.807, 2.05) is 40.9 Å². The molecule has 0 aliphatic carbocycles. The van der Waals surface area contributed by atoms with Gasteiger partial charge in [0.2, 0.25) is 0 Å². The molecule has 1 aromatic carbocycles. The molecule has 22 heavy (non-hydrogen) atoms. The number of benzene rings is 1. The molecule has 0 spiro atoms. The third-order valence-electron chi connectivity index (χ3n) is 3.53. The Morgan fingerprint density at radius 3 is 2.59 bits per heavy atom. The van der Waals surface area contributed by atoms with Crippen molar-refractivity contribution < 1.29 is 9.47 Å². The maximum atomic E-state index is 6.06. The molecule has 0 saturated heterocycles. The van der Waals surface area contributed by atoms with E-state index in [4.69, 9.17) is 26.8 Å². The average molecular weight is 318 g/mol. The number of fused-ring (bicyclic) bond motifs is 1. The van der Waals surface area contributed by atoms with Gasteiger partial charge in [0.25, 0.3) is 0 Å². The average Bonchev–Trinajstić information content (AvgIpc) is 2.91. The minimum atomic E-state index is 0.352. The van der Waals surface area contributed by atoms with Gasteiger partial charge < -0.3 is 19.6 Å². The van der Waals surface area contributed by atoms with E-state index in [-0.39, 0.29) is 0 Å². The van der Waals surface area contributed by atoms with Crippen LogP contribution < -0.4 is 15.2 Å². The van der Waals surface area contributed by atoms with Crippen molar-refractivity contribution in [3.63, 3.8) is 0 Å². The van der Waals surface area contributed by atoms with Crippen LogP contribution >= 0.6 is 11.6 Å². The molecule has 0 amide bonds. The second kappa shape index (κ2) is 5.87. The van der Waals surface area contributed by atoms with Gasteiger partial charge in [0.1, 0.15) is 5.65 Å². The highest BCUT2D eigenvalue weighted by Crippen LogP contribution is 2.33. The van der Waals surface area contributed by atoms with Crippen molar-refractivity contribution in [2.45, 2.75) is 6.54 Å². The molecule has 0 aliphatic rings. The van der Waals surface area contributed by atoms with E-state index < -0.39 is 0 Å². The summed E-state index contributed by atoms with van der Waals surface area (Å²) in [7, 11) is 3.21. The number of nitrogens with two attached hydrogens (primary N) is 1. The van der Waals surface area contributed by atoms with Crippen LogP contribution in [-0.2, 0) is 6.54 Å². The van der Waals surface area contributed by atoms with E-state index in [0.29, 0.717) is 23.1 Å². The molecule has 2 aromatic heterocycles. The first-order chi connectivity index (χ1) is 10.7. The Morgan fingerprint density at radius 1 is 1.14 bits per heavy atom. The lowest BCUT2D eigenvalue weighted by molar-refractivity contribution is 0.355. The summed E-state index contributed by atoms with van der Waals surface area (Å²) >= 11 is 6.06. The van der Waals surface area contributed by atoms with Crippen LogP contribution in [0.5, 0.6) is 11.5 Å². The van der Waals surface area contributed by atoms with Crippen LogP contribution in [0.1, 0.15) is 5.69 Å². The first-order valence-electron chi connectivity index (χ1n) is 6.77. The highest BCUT2D eigenvalue weighted by atomic mass is 35.5. The SMILES string of the molecule is COc1ccc(-c2nc3ccc(Cl)cn3c2CN)cc1OC. The Balaban J connectivity index is 2.21. The number of nitrogens with zero attached hydrogens (tertiary/aromatic N) is 2. The number of aromatic nitrogens is 2. The van der Waals surface area contributed by atoms with Crippen molar-refractivity contribution in [1.82, 2.24) is 9.38 Å². The molecule has 6 heteroatoms. The molecular weight excluding hydrogens is 302 g/mol. The van der Waals surface area contributed by atoms with Crippen LogP contribution in [0.4, 0.5) is 0 Å². The largest absolute Gasteiger partial charge is 0.493 e. The van der Waals surface area contributed by atoms with Crippen LogP contribution in [0.25, 0.3) is 16.9 Å². The minimum absolute atomic E-state index is 0.352. The smallest absolute Gasteiger partial charge is 0.161 e. The fraction of sp³-hybridized carbons (Fsp3) is 0.188. The van der Waals surface area contributed by atoms with E-state index in [0.717, 1.165) is 22.6 Å². The second-order valence-electron chi connectivity index (χ2n) is 4.76. The summed E-state index contributed by atoms with van der Waals surface area (Å²) in [5, 5.41) is 0.637. The Labute approximate surface area is 133 Å². The minimum Gasteiger partial charge on any atom is -0.493 e. The van der Waals surface area contributed by atoms with Crippen LogP contribution in [0.2, 0.25) is 5.02 Å². The predicted molar refractivity (Wildman–Crippen MR) is 86.6 cm³/mol. The fourth-order valence-electron chi connectivity index (χ4n) is 2.48. The van der Waals surface area contributed by atoms with Crippen molar-refractivity contribution in [1.29, 1.82) is 0 Å². The summed E-state index contributed by atoms with van der Waals surface area (Å²) in [6.07, 6.45) is 1.82. The van der Waals surface area contributed by atoms with E-state index in [9.17, 15) is 0 Å². The highest BCUT2D eigenvalue weighted by molar-refractivity contribution is 6.30. The molecule has 0 atom stereocenters. The number of hydrogen-bond acceptors (Lipinski definition) is 4. The van der Waals surface area contributed by atoms with Crippen LogP contribution in [0, 0.1) is 0 Å². The molecule has 0 radical (unpaired) electrons. The summed E-state index contributed by atoms with van der Waals surface area (Å²) in [6, 6.07) is 9.35. The van der Waals surface area contributed by atoms with Gasteiger partial charge in [-0.25, -0.2) is 4.98 Å². The predicted octanol–water partition coefficient (Wildman–Crippen LogP) is 3.13. The maximum Gasteiger partial charge on any atom is 0.161 e. The summed E-state index contributed by atoms with van der Waals surface area (Å²) < 4.78 is 12.5. The zero-order chi connectivity index (χ0) is 15.7. The lowest BCUT2D eigenvalue weighted by Crippen LogP contribution is -2.02. The van der Waals surface area contributed by atoms with Crippen molar-refractivity contribution in [2.75, 3.05) is 14.2 Å². The van der Waals surface area contributed by atoms with Gasteiger partial charge in [0.05, 0.1) is 30.6 Å². The fourth-order valence-corrected chi connectivity index (χ4v) is 2.64. The standard InChI is InChI=1S/C16H16ClN3O2/c1-21-13-5-3-10(7-14(13)22-2)16-12(8-18)20-9-11(17)4-6-15(20)19-16/h3-7,9H,8,18H2,1-2H3. The lowest BCUT2D eigenvalue weighted by atomic mass is 10.1. The van der Waals surface area contributed by atoms with E-state index >= 15 is 0 Å². The zero-order valence-electron chi connectivity index (χ0n) is 12.3. The molecule has 2 heterocycles. The highest BCUT2D eigenvalue weighted by Gasteiger charge is 2.15. The van der Waals surface area contributed by atoms with E-state index in [2.05, 4.69) is 4.98 Å². The Bertz CT molecular complexity index is 830. The number of pyridine rings is 1. The molecule has 3 rings (SSSR count). The molecule has 0 fully saturated rings. The first-order valence-corrected chi connectivity index (χ1v) is 7.14. The second-order valence-corrected chi connectivity index (χ2v) is 5.19. The van der Waals surface area contributed by atoms with Crippen molar-refractivity contribution >= 4 is 17.2 Å². The van der Waals surface area contributed by atoms with Gasteiger partial charge >= 0.3 is 0 Å². The molecule has 114 valence electrons. The Hall–Kier alpha value is -2.24. The normalized spacial score (nSPS) is 10.9. The van der Waals surface area contributed by atoms with Gasteiger partial charge in [-0.15, -0.1) is 0 Å². The molecule has 2 N–H and O–H groups in total. The summed E-state index contributed by atoms with van der Waals surface area (Å²) in [5.74, 6) is 1.32. The van der Waals surface area contributed by atoms with E-state index in [1.54, 1.807) is 14.2 Å². The van der Waals surface area contributed by atoms with Crippen LogP contribution in [0.15, 0.2) is 36.5 Å². The number of imidazole rings is 1. The number of halogens is 1. The molecular formula is C16H16ClN3O2. The molecule has 0 bridgehead atoms. The monoisotopic (exact) mass is 317 g/mol. The Kier molecular flexibility index (Phi) is 3.92. The third-order valence-corrected chi connectivity index (χ3v) is 3.76. The quantitative estimate of drug-likeness (QED) is 0.803. The third kappa shape index (κ3) is 2.38. The van der Waals surface area contributed by atoms with Gasteiger partial charge in [-0.1, -0.05) is 11.6 Å². The number of ether oxygens (including phenoxy) is 2. The molecule has 0 aliphatic heterocycles. The Morgan fingerprint density at radius 2 is 1.91 bits per heavy atom.